The van der Waals surface area contributed by atoms with E-state index >= 15 is 0 Å². The van der Waals surface area contributed by atoms with Crippen molar-refractivity contribution in [3.8, 4) is 21.8 Å². The molecule has 0 saturated carbocycles. The number of hydrogen-bond donors (Lipinski definition) is 0. The third-order valence-electron chi connectivity index (χ3n) is 5.21. The summed E-state index contributed by atoms with van der Waals surface area (Å²) in [5.74, 6) is 0.707. The highest BCUT2D eigenvalue weighted by atomic mass is 32.1. The number of fused-ring (bicyclic) bond motifs is 1. The molecule has 0 spiro atoms. The quantitative estimate of drug-likeness (QED) is 0.505. The van der Waals surface area contributed by atoms with Crippen LogP contribution in [0.3, 0.4) is 0 Å². The molecule has 29 heavy (non-hydrogen) atoms. The molecule has 3 aromatic heterocycles. The molecule has 0 bridgehead atoms. The van der Waals surface area contributed by atoms with E-state index in [0.717, 1.165) is 37.3 Å². The second-order valence-electron chi connectivity index (χ2n) is 7.39. The minimum atomic E-state index is 0.707. The number of hydrogen-bond acceptors (Lipinski definition) is 6. The van der Waals surface area contributed by atoms with Crippen LogP contribution in [0.15, 0.2) is 61.3 Å². The zero-order chi connectivity index (χ0) is 19.6. The molecule has 5 rings (SSSR count). The van der Waals surface area contributed by atoms with Gasteiger partial charge in [0.25, 0.3) is 0 Å². The van der Waals surface area contributed by atoms with Gasteiger partial charge in [0.15, 0.2) is 5.82 Å². The van der Waals surface area contributed by atoms with E-state index < -0.39 is 0 Å². The van der Waals surface area contributed by atoms with E-state index in [1.54, 1.807) is 12.4 Å². The molecule has 0 atom stereocenters. The minimum absolute atomic E-state index is 0.707. The van der Waals surface area contributed by atoms with E-state index in [2.05, 4.69) is 63.2 Å². The first-order chi connectivity index (χ1) is 14.2. The fourth-order valence-corrected chi connectivity index (χ4v) is 4.68. The third kappa shape index (κ3) is 3.95. The van der Waals surface area contributed by atoms with Crippen LogP contribution >= 0.6 is 11.3 Å². The van der Waals surface area contributed by atoms with Gasteiger partial charge in [-0.25, -0.2) is 19.9 Å². The average Bonchev–Trinajstić information content (AvgIpc) is 3.23. The SMILES string of the molecule is Cc1ccc(-c2ccc(CN3CCc4nc(-c5cncnc5)ncc4C3)s2)cc1. The summed E-state index contributed by atoms with van der Waals surface area (Å²) in [5, 5.41) is 0. The molecule has 144 valence electrons. The molecular weight excluding hydrogens is 378 g/mol. The highest BCUT2D eigenvalue weighted by Gasteiger charge is 2.19. The fourth-order valence-electron chi connectivity index (χ4n) is 3.62. The van der Waals surface area contributed by atoms with Crippen molar-refractivity contribution in [2.24, 2.45) is 0 Å². The number of thiophene rings is 1. The lowest BCUT2D eigenvalue weighted by atomic mass is 10.1. The topological polar surface area (TPSA) is 54.8 Å². The van der Waals surface area contributed by atoms with E-state index in [4.69, 9.17) is 4.98 Å². The first-order valence-electron chi connectivity index (χ1n) is 9.73. The molecule has 0 fully saturated rings. The zero-order valence-corrected chi connectivity index (χ0v) is 17.1. The number of benzene rings is 1. The van der Waals surface area contributed by atoms with Crippen LogP contribution in [0.2, 0.25) is 0 Å². The van der Waals surface area contributed by atoms with Crippen molar-refractivity contribution >= 4 is 11.3 Å². The van der Waals surface area contributed by atoms with Crippen molar-refractivity contribution in [1.82, 2.24) is 24.8 Å². The van der Waals surface area contributed by atoms with E-state index in [0.29, 0.717) is 5.82 Å². The highest BCUT2D eigenvalue weighted by Crippen LogP contribution is 2.30. The summed E-state index contributed by atoms with van der Waals surface area (Å²) in [7, 11) is 0. The molecule has 4 aromatic rings. The summed E-state index contributed by atoms with van der Waals surface area (Å²) < 4.78 is 0. The summed E-state index contributed by atoms with van der Waals surface area (Å²) >= 11 is 1.88. The number of aromatic nitrogens is 4. The van der Waals surface area contributed by atoms with Crippen LogP contribution < -0.4 is 0 Å². The molecule has 1 aliphatic heterocycles. The van der Waals surface area contributed by atoms with Gasteiger partial charge in [0.1, 0.15) is 6.33 Å². The van der Waals surface area contributed by atoms with Crippen molar-refractivity contribution in [2.75, 3.05) is 6.54 Å². The van der Waals surface area contributed by atoms with E-state index in [9.17, 15) is 0 Å². The molecule has 0 amide bonds. The Hall–Kier alpha value is -2.96. The molecule has 6 heteroatoms. The Balaban J connectivity index is 1.29. The van der Waals surface area contributed by atoms with Gasteiger partial charge in [-0.2, -0.15) is 0 Å². The monoisotopic (exact) mass is 399 g/mol. The lowest BCUT2D eigenvalue weighted by molar-refractivity contribution is 0.245. The summed E-state index contributed by atoms with van der Waals surface area (Å²) in [6, 6.07) is 13.2. The van der Waals surface area contributed by atoms with E-state index in [1.165, 1.54) is 32.8 Å². The van der Waals surface area contributed by atoms with Crippen LogP contribution in [-0.2, 0) is 19.5 Å². The minimum Gasteiger partial charge on any atom is -0.293 e. The van der Waals surface area contributed by atoms with Crippen molar-refractivity contribution in [1.29, 1.82) is 0 Å². The second kappa shape index (κ2) is 7.81. The molecule has 4 heterocycles. The normalized spacial score (nSPS) is 14.0. The molecule has 5 nitrogen and oxygen atoms in total. The Kier molecular flexibility index (Phi) is 4.87. The third-order valence-corrected chi connectivity index (χ3v) is 6.33. The summed E-state index contributed by atoms with van der Waals surface area (Å²) in [5.41, 5.74) is 5.80. The first kappa shape index (κ1) is 18.1. The van der Waals surface area contributed by atoms with Gasteiger partial charge in [-0.15, -0.1) is 11.3 Å². The van der Waals surface area contributed by atoms with Crippen LogP contribution in [-0.4, -0.2) is 31.4 Å². The van der Waals surface area contributed by atoms with Gasteiger partial charge in [0, 0.05) is 60.0 Å². The lowest BCUT2D eigenvalue weighted by Gasteiger charge is -2.27. The molecule has 0 aliphatic carbocycles. The van der Waals surface area contributed by atoms with Gasteiger partial charge in [-0.3, -0.25) is 4.90 Å². The van der Waals surface area contributed by atoms with Crippen LogP contribution in [0.4, 0.5) is 0 Å². The van der Waals surface area contributed by atoms with Gasteiger partial charge in [0.05, 0.1) is 11.3 Å². The molecule has 0 radical (unpaired) electrons. The van der Waals surface area contributed by atoms with Gasteiger partial charge in [-0.1, -0.05) is 29.8 Å². The number of nitrogens with zero attached hydrogens (tertiary/aromatic N) is 5. The molecule has 0 N–H and O–H groups in total. The highest BCUT2D eigenvalue weighted by molar-refractivity contribution is 7.15. The average molecular weight is 400 g/mol. The fraction of sp³-hybridized carbons (Fsp3) is 0.217. The summed E-state index contributed by atoms with van der Waals surface area (Å²) in [6.07, 6.45) is 7.94. The predicted octanol–water partition coefficient (Wildman–Crippen LogP) is 4.53. The summed E-state index contributed by atoms with van der Waals surface area (Å²) in [6.45, 7) is 4.98. The van der Waals surface area contributed by atoms with E-state index in [-0.39, 0.29) is 0 Å². The largest absolute Gasteiger partial charge is 0.293 e. The lowest BCUT2D eigenvalue weighted by Crippen LogP contribution is -2.30. The van der Waals surface area contributed by atoms with E-state index in [1.807, 2.05) is 17.5 Å². The van der Waals surface area contributed by atoms with Crippen LogP contribution in [0.25, 0.3) is 21.8 Å². The van der Waals surface area contributed by atoms with Gasteiger partial charge < -0.3 is 0 Å². The molecule has 0 unspecified atom stereocenters. The zero-order valence-electron chi connectivity index (χ0n) is 16.2. The first-order valence-corrected chi connectivity index (χ1v) is 10.5. The van der Waals surface area contributed by atoms with Crippen LogP contribution in [0, 0.1) is 6.92 Å². The van der Waals surface area contributed by atoms with Crippen molar-refractivity contribution in [3.05, 3.63) is 83.0 Å². The van der Waals surface area contributed by atoms with Crippen LogP contribution in [0.1, 0.15) is 21.7 Å². The van der Waals surface area contributed by atoms with Crippen molar-refractivity contribution < 1.29 is 0 Å². The molecular formula is C23H21N5S. The molecule has 1 aromatic carbocycles. The maximum atomic E-state index is 4.76. The van der Waals surface area contributed by atoms with Gasteiger partial charge in [0.2, 0.25) is 0 Å². The number of aryl methyl sites for hydroxylation is 1. The van der Waals surface area contributed by atoms with Crippen LogP contribution in [0.5, 0.6) is 0 Å². The van der Waals surface area contributed by atoms with Gasteiger partial charge in [-0.05, 0) is 24.6 Å². The summed E-state index contributed by atoms with van der Waals surface area (Å²) in [4.78, 5) is 22.6. The molecule has 0 saturated heterocycles. The Morgan fingerprint density at radius 1 is 0.966 bits per heavy atom. The smallest absolute Gasteiger partial charge is 0.162 e. The Labute approximate surface area is 174 Å². The van der Waals surface area contributed by atoms with Gasteiger partial charge >= 0.3 is 0 Å². The maximum absolute atomic E-state index is 4.76. The second-order valence-corrected chi connectivity index (χ2v) is 8.55. The Bertz CT molecular complexity index is 1120. The maximum Gasteiger partial charge on any atom is 0.162 e. The number of rotatable bonds is 4. The van der Waals surface area contributed by atoms with Crippen molar-refractivity contribution in [2.45, 2.75) is 26.4 Å². The van der Waals surface area contributed by atoms with Crippen molar-refractivity contribution in [3.63, 3.8) is 0 Å². The predicted molar refractivity (Wildman–Crippen MR) is 115 cm³/mol. The Morgan fingerprint density at radius 3 is 2.62 bits per heavy atom. The Morgan fingerprint density at radius 2 is 1.79 bits per heavy atom. The standard InChI is InChI=1S/C23H21N5S/c1-16-2-4-17(5-3-16)22-7-6-20(29-22)14-28-9-8-21-19(13-28)12-26-23(27-21)18-10-24-15-25-11-18/h2-7,10-12,15H,8-9,13-14H2,1H3. The molecule has 1 aliphatic rings.